The van der Waals surface area contributed by atoms with E-state index in [0.717, 1.165) is 30.3 Å². The van der Waals surface area contributed by atoms with Gasteiger partial charge in [0.1, 0.15) is 10.6 Å². The highest BCUT2D eigenvalue weighted by molar-refractivity contribution is 7.92. The number of rotatable bonds is 4. The number of likely N-dealkylation sites (tertiary alicyclic amines) is 1. The van der Waals surface area contributed by atoms with Crippen molar-refractivity contribution in [1.82, 2.24) is 4.90 Å². The average Bonchev–Trinajstić information content (AvgIpc) is 3.32. The molecule has 2 saturated heterocycles. The molecule has 0 aromatic heterocycles. The number of hydrogen-bond acceptors (Lipinski definition) is 5. The predicted molar refractivity (Wildman–Crippen MR) is 138 cm³/mol. The van der Waals surface area contributed by atoms with Crippen LogP contribution in [0.5, 0.6) is 0 Å². The number of fused-ring (bicyclic) bond motifs is 3. The normalized spacial score (nSPS) is 28.3. The van der Waals surface area contributed by atoms with Crippen LogP contribution in [0.3, 0.4) is 0 Å². The van der Waals surface area contributed by atoms with Gasteiger partial charge in [-0.05, 0) is 61.4 Å². The third-order valence-electron chi connectivity index (χ3n) is 8.88. The van der Waals surface area contributed by atoms with Crippen LogP contribution < -0.4 is 0 Å². The molecule has 0 saturated carbocycles. The van der Waals surface area contributed by atoms with Crippen LogP contribution >= 0.6 is 0 Å². The molecular formula is C27H26F8N2O4S2. The number of hydrogen-bond donors (Lipinski definition) is 1. The molecule has 0 spiro atoms. The van der Waals surface area contributed by atoms with Gasteiger partial charge < -0.3 is 4.90 Å². The number of aryl methyl sites for hydroxylation is 1. The first kappa shape index (κ1) is 31.7. The molecule has 2 atom stereocenters. The van der Waals surface area contributed by atoms with E-state index in [1.807, 2.05) is 0 Å². The summed E-state index contributed by atoms with van der Waals surface area (Å²) < 4.78 is 157. The Kier molecular flexibility index (Phi) is 7.47. The smallest absolute Gasteiger partial charge is 0.337 e. The van der Waals surface area contributed by atoms with Gasteiger partial charge in [-0.25, -0.2) is 21.4 Å². The van der Waals surface area contributed by atoms with E-state index in [1.54, 1.807) is 0 Å². The Hall–Kier alpha value is -2.75. The Morgan fingerprint density at radius 2 is 1.58 bits per heavy atom. The molecule has 1 aliphatic carbocycles. The summed E-state index contributed by atoms with van der Waals surface area (Å²) in [7, 11) is -7.51. The van der Waals surface area contributed by atoms with E-state index < -0.39 is 76.5 Å². The summed E-state index contributed by atoms with van der Waals surface area (Å²) in [5.74, 6) is -2.09. The van der Waals surface area contributed by atoms with Crippen molar-refractivity contribution in [3.8, 4) is 0 Å². The van der Waals surface area contributed by atoms with E-state index >= 15 is 0 Å². The highest BCUT2D eigenvalue weighted by atomic mass is 32.2. The monoisotopic (exact) mass is 658 g/mol. The van der Waals surface area contributed by atoms with Crippen molar-refractivity contribution in [2.75, 3.05) is 18.1 Å². The molecule has 1 amide bonds. The first-order valence-corrected chi connectivity index (χ1v) is 16.7. The van der Waals surface area contributed by atoms with Gasteiger partial charge in [0.05, 0.1) is 10.9 Å². The lowest BCUT2D eigenvalue weighted by Crippen LogP contribution is -2.54. The molecule has 0 bridgehead atoms. The van der Waals surface area contributed by atoms with E-state index in [9.17, 15) is 52.5 Å². The van der Waals surface area contributed by atoms with Crippen LogP contribution in [0, 0.1) is 16.5 Å². The van der Waals surface area contributed by atoms with Crippen LogP contribution in [0.2, 0.25) is 0 Å². The molecular weight excluding hydrogens is 632 g/mol. The first-order valence-electron chi connectivity index (χ1n) is 13.3. The molecule has 0 radical (unpaired) electrons. The molecule has 2 heterocycles. The molecule has 5 rings (SSSR count). The SMILES string of the molecule is N=S1(=O)CCC(C(=O)N2CCC3(S(=O)(=O)c4cccc(F)c4)c4ccc(C(F)(C(F)(F)F)C(F)(F)F)cc4CCC23)CC1. The minimum absolute atomic E-state index is 0.0242. The Bertz CT molecular complexity index is 1650. The summed E-state index contributed by atoms with van der Waals surface area (Å²) >= 11 is 0. The van der Waals surface area contributed by atoms with Crippen LogP contribution in [0.4, 0.5) is 35.1 Å². The quantitative estimate of drug-likeness (QED) is 0.421. The number of alkyl halides is 7. The fourth-order valence-electron chi connectivity index (χ4n) is 6.73. The van der Waals surface area contributed by atoms with Crippen LogP contribution in [0.25, 0.3) is 0 Å². The molecule has 236 valence electrons. The van der Waals surface area contributed by atoms with Crippen molar-refractivity contribution < 1.29 is 52.5 Å². The summed E-state index contributed by atoms with van der Waals surface area (Å²) in [6, 6.07) is 4.21. The lowest BCUT2D eigenvalue weighted by atomic mass is 9.76. The molecule has 2 aromatic rings. The molecule has 2 aromatic carbocycles. The van der Waals surface area contributed by atoms with Crippen LogP contribution in [0.1, 0.15) is 42.4 Å². The standard InChI is InChI=1S/C27H26F8N2O4S2/c28-19-2-1-3-20(15-19)43(40,41)24-10-11-37(23(38)16-8-12-42(36,39)13-9-16)22(24)7-4-17-14-18(5-6-21(17)24)25(29,26(30,31)32)27(33,34)35/h1-3,5-6,14-16,22,36H,4,7-13H2. The number of benzene rings is 2. The van der Waals surface area contributed by atoms with Gasteiger partial charge in [-0.3, -0.25) is 9.57 Å². The summed E-state index contributed by atoms with van der Waals surface area (Å²) in [6.07, 6.45) is -13.3. The Balaban J connectivity index is 1.66. The highest BCUT2D eigenvalue weighted by Gasteiger charge is 2.74. The van der Waals surface area contributed by atoms with Gasteiger partial charge in [-0.15, -0.1) is 0 Å². The molecule has 2 unspecified atom stereocenters. The topological polar surface area (TPSA) is 95.4 Å². The van der Waals surface area contributed by atoms with Gasteiger partial charge in [-0.2, -0.15) is 26.3 Å². The van der Waals surface area contributed by atoms with Crippen LogP contribution in [-0.2, 0) is 41.2 Å². The number of sulfone groups is 1. The number of carbonyl (C=O) groups excluding carboxylic acids is 1. The van der Waals surface area contributed by atoms with Crippen molar-refractivity contribution in [2.24, 2.45) is 5.92 Å². The number of nitrogens with one attached hydrogen (secondary N) is 1. The number of amides is 1. The fraction of sp³-hybridized carbons (Fsp3) is 0.519. The highest BCUT2D eigenvalue weighted by Crippen LogP contribution is 2.57. The van der Waals surface area contributed by atoms with Gasteiger partial charge in [0.15, 0.2) is 9.84 Å². The molecule has 1 N–H and O–H groups in total. The predicted octanol–water partition coefficient (Wildman–Crippen LogP) is 5.79. The fourth-order valence-corrected chi connectivity index (χ4v) is 10.7. The van der Waals surface area contributed by atoms with Crippen LogP contribution in [0.15, 0.2) is 47.4 Å². The maximum Gasteiger partial charge on any atom is 0.435 e. The zero-order valence-electron chi connectivity index (χ0n) is 22.3. The van der Waals surface area contributed by atoms with Gasteiger partial charge in [0.2, 0.25) is 5.91 Å². The van der Waals surface area contributed by atoms with Crippen molar-refractivity contribution >= 4 is 25.5 Å². The molecule has 2 fully saturated rings. The second kappa shape index (κ2) is 10.1. The maximum atomic E-state index is 14.9. The lowest BCUT2D eigenvalue weighted by Gasteiger charge is -2.43. The molecule has 16 heteroatoms. The maximum absolute atomic E-state index is 14.9. The van der Waals surface area contributed by atoms with Gasteiger partial charge in [0, 0.05) is 39.3 Å². The summed E-state index contributed by atoms with van der Waals surface area (Å²) in [5, 5.41) is 0. The number of halogens is 8. The zero-order chi connectivity index (χ0) is 31.8. The molecule has 43 heavy (non-hydrogen) atoms. The van der Waals surface area contributed by atoms with Crippen molar-refractivity contribution in [1.29, 1.82) is 4.78 Å². The van der Waals surface area contributed by atoms with Gasteiger partial charge in [0.25, 0.3) is 0 Å². The Morgan fingerprint density at radius 1 is 0.953 bits per heavy atom. The van der Waals surface area contributed by atoms with E-state index in [2.05, 4.69) is 0 Å². The number of nitrogens with zero attached hydrogens (tertiary/aromatic N) is 1. The van der Waals surface area contributed by atoms with Crippen molar-refractivity contribution in [2.45, 2.75) is 65.8 Å². The Labute approximate surface area is 242 Å². The third-order valence-corrected chi connectivity index (χ3v) is 13.2. The second-order valence-electron chi connectivity index (χ2n) is 11.2. The van der Waals surface area contributed by atoms with E-state index in [-0.39, 0.29) is 67.3 Å². The average molecular weight is 659 g/mol. The third kappa shape index (κ3) is 4.82. The van der Waals surface area contributed by atoms with Gasteiger partial charge >= 0.3 is 18.0 Å². The number of carbonyl (C=O) groups is 1. The Morgan fingerprint density at radius 3 is 2.16 bits per heavy atom. The molecule has 2 aliphatic heterocycles. The largest absolute Gasteiger partial charge is 0.435 e. The van der Waals surface area contributed by atoms with Crippen LogP contribution in [-0.4, -0.2) is 59.9 Å². The molecule has 3 aliphatic rings. The summed E-state index contributed by atoms with van der Waals surface area (Å²) in [4.78, 5) is 14.5. The summed E-state index contributed by atoms with van der Waals surface area (Å²) in [6.45, 7) is -0.149. The zero-order valence-corrected chi connectivity index (χ0v) is 23.9. The minimum Gasteiger partial charge on any atom is -0.337 e. The summed E-state index contributed by atoms with van der Waals surface area (Å²) in [5.41, 5.74) is -7.92. The lowest BCUT2D eigenvalue weighted by molar-refractivity contribution is -0.348. The van der Waals surface area contributed by atoms with E-state index in [0.29, 0.717) is 6.07 Å². The second-order valence-corrected chi connectivity index (χ2v) is 15.9. The first-order chi connectivity index (χ1) is 19.8. The van der Waals surface area contributed by atoms with Crippen molar-refractivity contribution in [3.63, 3.8) is 0 Å². The van der Waals surface area contributed by atoms with Gasteiger partial charge in [-0.1, -0.05) is 24.3 Å². The molecule has 6 nitrogen and oxygen atoms in total. The van der Waals surface area contributed by atoms with E-state index in [1.165, 1.54) is 4.90 Å². The van der Waals surface area contributed by atoms with Crippen molar-refractivity contribution in [3.05, 3.63) is 65.0 Å². The van der Waals surface area contributed by atoms with E-state index in [4.69, 9.17) is 4.78 Å². The minimum atomic E-state index is -6.37.